The van der Waals surface area contributed by atoms with Gasteiger partial charge in [0.05, 0.1) is 19.3 Å². The molecule has 0 fully saturated rings. The summed E-state index contributed by atoms with van der Waals surface area (Å²) in [5, 5.41) is 4.51. The van der Waals surface area contributed by atoms with Crippen molar-refractivity contribution >= 4 is 5.65 Å². The Labute approximate surface area is 165 Å². The Hall–Kier alpha value is -3.81. The molecule has 0 amide bonds. The van der Waals surface area contributed by atoms with Gasteiger partial charge in [0, 0.05) is 11.6 Å². The highest BCUT2D eigenvalue weighted by Gasteiger charge is 2.16. The summed E-state index contributed by atoms with van der Waals surface area (Å²) in [7, 11) is 1.63. The summed E-state index contributed by atoms with van der Waals surface area (Å²) < 4.78 is 18.9. The molecule has 0 spiro atoms. The molecule has 0 bridgehead atoms. The van der Waals surface area contributed by atoms with Gasteiger partial charge in [-0.2, -0.15) is 0 Å². The van der Waals surface area contributed by atoms with E-state index < -0.39 is 0 Å². The third kappa shape index (κ3) is 2.98. The van der Waals surface area contributed by atoms with Crippen LogP contribution in [0.4, 0.5) is 0 Å². The number of ether oxygens (including phenoxy) is 3. The zero-order valence-electron chi connectivity index (χ0n) is 16.0. The maximum absolute atomic E-state index is 12.9. The predicted octanol–water partition coefficient (Wildman–Crippen LogP) is 2.65. The van der Waals surface area contributed by atoms with Gasteiger partial charge >= 0.3 is 5.69 Å². The largest absolute Gasteiger partial charge is 0.497 e. The number of fused-ring (bicyclic) bond motifs is 2. The predicted molar refractivity (Wildman–Crippen MR) is 106 cm³/mol. The summed E-state index contributed by atoms with van der Waals surface area (Å²) in [5.41, 5.74) is 2.89. The van der Waals surface area contributed by atoms with Gasteiger partial charge in [0.1, 0.15) is 11.6 Å². The lowest BCUT2D eigenvalue weighted by molar-refractivity contribution is 0.174. The Kier molecular flexibility index (Phi) is 3.97. The van der Waals surface area contributed by atoms with E-state index in [2.05, 4.69) is 10.1 Å². The smallest absolute Gasteiger partial charge is 0.352 e. The van der Waals surface area contributed by atoms with Gasteiger partial charge in [-0.25, -0.2) is 18.9 Å². The van der Waals surface area contributed by atoms with Gasteiger partial charge in [-0.15, -0.1) is 5.10 Å². The first-order valence-corrected chi connectivity index (χ1v) is 9.12. The number of aryl methyl sites for hydroxylation is 1. The molecule has 29 heavy (non-hydrogen) atoms. The van der Waals surface area contributed by atoms with Crippen molar-refractivity contribution in [1.82, 2.24) is 19.2 Å². The zero-order valence-corrected chi connectivity index (χ0v) is 16.0. The van der Waals surface area contributed by atoms with Crippen LogP contribution in [0.2, 0.25) is 0 Å². The van der Waals surface area contributed by atoms with Crippen molar-refractivity contribution in [3.05, 3.63) is 70.4 Å². The fourth-order valence-corrected chi connectivity index (χ4v) is 3.43. The lowest BCUT2D eigenvalue weighted by atomic mass is 10.1. The minimum atomic E-state index is -0.232. The summed E-state index contributed by atoms with van der Waals surface area (Å²) >= 11 is 0. The van der Waals surface area contributed by atoms with Crippen LogP contribution in [0.25, 0.3) is 16.9 Å². The quantitative estimate of drug-likeness (QED) is 0.533. The van der Waals surface area contributed by atoms with E-state index in [4.69, 9.17) is 14.2 Å². The Balaban J connectivity index is 1.53. The molecule has 146 valence electrons. The first-order chi connectivity index (χ1) is 14.1. The summed E-state index contributed by atoms with van der Waals surface area (Å²) in [6.45, 7) is 2.34. The number of methoxy groups -OCH3 is 1. The number of hydrogen-bond acceptors (Lipinski definition) is 6. The van der Waals surface area contributed by atoms with Crippen molar-refractivity contribution in [3.63, 3.8) is 0 Å². The van der Waals surface area contributed by atoms with Crippen molar-refractivity contribution in [2.75, 3.05) is 13.9 Å². The molecule has 0 aliphatic carbocycles. The minimum Gasteiger partial charge on any atom is -0.497 e. The number of hydrogen-bond donors (Lipinski definition) is 0. The van der Waals surface area contributed by atoms with Crippen molar-refractivity contribution in [2.24, 2.45) is 0 Å². The molecular formula is C21H18N4O4. The van der Waals surface area contributed by atoms with E-state index in [-0.39, 0.29) is 12.5 Å². The first-order valence-electron chi connectivity index (χ1n) is 9.12. The highest BCUT2D eigenvalue weighted by Crippen LogP contribution is 2.32. The van der Waals surface area contributed by atoms with Crippen LogP contribution in [0.3, 0.4) is 0 Å². The third-order valence-corrected chi connectivity index (χ3v) is 4.89. The summed E-state index contributed by atoms with van der Waals surface area (Å²) in [6.07, 6.45) is 0. The van der Waals surface area contributed by atoms with Crippen LogP contribution in [0.1, 0.15) is 11.4 Å². The van der Waals surface area contributed by atoms with E-state index in [1.54, 1.807) is 14.0 Å². The Morgan fingerprint density at radius 2 is 1.86 bits per heavy atom. The third-order valence-electron chi connectivity index (χ3n) is 4.89. The molecule has 1 aliphatic heterocycles. The second-order valence-corrected chi connectivity index (χ2v) is 6.74. The highest BCUT2D eigenvalue weighted by atomic mass is 16.7. The molecule has 4 aromatic rings. The molecule has 0 unspecified atom stereocenters. The van der Waals surface area contributed by atoms with Crippen molar-refractivity contribution in [1.29, 1.82) is 0 Å². The van der Waals surface area contributed by atoms with Crippen molar-refractivity contribution < 1.29 is 14.2 Å². The Morgan fingerprint density at radius 1 is 1.07 bits per heavy atom. The molecule has 2 aromatic carbocycles. The van der Waals surface area contributed by atoms with Crippen LogP contribution in [0.15, 0.2) is 53.3 Å². The van der Waals surface area contributed by atoms with E-state index >= 15 is 0 Å². The lowest BCUT2D eigenvalue weighted by Gasteiger charge is -2.05. The van der Waals surface area contributed by atoms with Crippen LogP contribution in [-0.2, 0) is 6.54 Å². The molecule has 0 radical (unpaired) electrons. The summed E-state index contributed by atoms with van der Waals surface area (Å²) in [4.78, 5) is 17.5. The van der Waals surface area contributed by atoms with E-state index in [0.29, 0.717) is 29.5 Å². The van der Waals surface area contributed by atoms with E-state index in [1.807, 2.05) is 48.5 Å². The number of aromatic nitrogens is 4. The van der Waals surface area contributed by atoms with E-state index in [0.717, 1.165) is 22.6 Å². The average Bonchev–Trinajstić information content (AvgIpc) is 3.32. The van der Waals surface area contributed by atoms with Crippen molar-refractivity contribution in [3.8, 4) is 28.5 Å². The topological polar surface area (TPSA) is 79.9 Å². The summed E-state index contributed by atoms with van der Waals surface area (Å²) in [5.74, 6) is 2.74. The highest BCUT2D eigenvalue weighted by molar-refractivity contribution is 5.64. The maximum atomic E-state index is 12.9. The second kappa shape index (κ2) is 6.66. The van der Waals surface area contributed by atoms with Crippen LogP contribution in [0, 0.1) is 6.92 Å². The van der Waals surface area contributed by atoms with E-state index in [1.165, 1.54) is 9.08 Å². The normalized spacial score (nSPS) is 12.5. The minimum absolute atomic E-state index is 0.214. The van der Waals surface area contributed by atoms with Crippen LogP contribution in [-0.4, -0.2) is 33.1 Å². The fourth-order valence-electron chi connectivity index (χ4n) is 3.43. The van der Waals surface area contributed by atoms with Gasteiger partial charge in [-0.05, 0) is 48.9 Å². The molecule has 2 aromatic heterocycles. The molecule has 0 N–H and O–H groups in total. The monoisotopic (exact) mass is 390 g/mol. The van der Waals surface area contributed by atoms with Gasteiger partial charge in [0.2, 0.25) is 6.79 Å². The van der Waals surface area contributed by atoms with Gasteiger partial charge in [-0.1, -0.05) is 6.07 Å². The molecule has 0 atom stereocenters. The number of benzene rings is 2. The molecule has 1 aliphatic rings. The Morgan fingerprint density at radius 3 is 2.66 bits per heavy atom. The lowest BCUT2D eigenvalue weighted by Crippen LogP contribution is -2.23. The standard InChI is InChI=1S/C21H18N4O4/c1-13-22-17(15-4-6-16(27-2)7-5-15)10-20-23-24(21(26)25(13)20)11-14-3-8-18-19(9-14)29-12-28-18/h3-10H,11-12H2,1-2H3. The van der Waals surface area contributed by atoms with Crippen LogP contribution in [0.5, 0.6) is 17.2 Å². The second-order valence-electron chi connectivity index (χ2n) is 6.74. The first kappa shape index (κ1) is 17.3. The molecule has 5 rings (SSSR count). The zero-order chi connectivity index (χ0) is 20.0. The van der Waals surface area contributed by atoms with Crippen LogP contribution < -0.4 is 19.9 Å². The number of nitrogens with zero attached hydrogens (tertiary/aromatic N) is 4. The van der Waals surface area contributed by atoms with Gasteiger partial charge < -0.3 is 14.2 Å². The Bertz CT molecular complexity index is 1270. The fraction of sp³-hybridized carbons (Fsp3) is 0.190. The van der Waals surface area contributed by atoms with Crippen LogP contribution >= 0.6 is 0 Å². The molecule has 0 saturated heterocycles. The van der Waals surface area contributed by atoms with Gasteiger partial charge in [-0.3, -0.25) is 0 Å². The van der Waals surface area contributed by atoms with Crippen molar-refractivity contribution in [2.45, 2.75) is 13.5 Å². The summed E-state index contributed by atoms with van der Waals surface area (Å²) in [6, 6.07) is 15.0. The van der Waals surface area contributed by atoms with Gasteiger partial charge in [0.15, 0.2) is 17.1 Å². The molecule has 3 heterocycles. The van der Waals surface area contributed by atoms with E-state index in [9.17, 15) is 4.79 Å². The molecular weight excluding hydrogens is 372 g/mol. The SMILES string of the molecule is COc1ccc(-c2cc3nn(Cc4ccc5c(c4)OCO5)c(=O)n3c(C)n2)cc1. The molecule has 8 heteroatoms. The van der Waals surface area contributed by atoms with Gasteiger partial charge in [0.25, 0.3) is 0 Å². The maximum Gasteiger partial charge on any atom is 0.352 e. The average molecular weight is 390 g/mol. The molecule has 8 nitrogen and oxygen atoms in total. The molecule has 0 saturated carbocycles. The number of rotatable bonds is 4.